The molecule has 0 saturated carbocycles. The molecule has 1 unspecified atom stereocenters. The van der Waals surface area contributed by atoms with Gasteiger partial charge in [-0.3, -0.25) is 0 Å². The largest absolute Gasteiger partial charge is 0.481 e. The van der Waals surface area contributed by atoms with E-state index in [1.807, 2.05) is 18.2 Å². The lowest BCUT2D eigenvalue weighted by Gasteiger charge is -2.17. The molecule has 2 nitrogen and oxygen atoms in total. The summed E-state index contributed by atoms with van der Waals surface area (Å²) in [7, 11) is 0. The van der Waals surface area contributed by atoms with Gasteiger partial charge in [0.05, 0.1) is 0 Å². The zero-order valence-electron chi connectivity index (χ0n) is 11.6. The molecule has 0 bridgehead atoms. The minimum atomic E-state index is 0.319. The van der Waals surface area contributed by atoms with Gasteiger partial charge in [0.25, 0.3) is 0 Å². The molecule has 18 heavy (non-hydrogen) atoms. The first-order chi connectivity index (χ1) is 8.65. The number of rotatable bonds is 7. The molecule has 1 rings (SSSR count). The van der Waals surface area contributed by atoms with E-state index in [-0.39, 0.29) is 0 Å². The molecule has 2 heteroatoms. The van der Waals surface area contributed by atoms with Gasteiger partial charge in [-0.2, -0.15) is 0 Å². The summed E-state index contributed by atoms with van der Waals surface area (Å²) in [5.74, 6) is 4.73. The number of benzene rings is 1. The van der Waals surface area contributed by atoms with Crippen molar-refractivity contribution in [2.45, 2.75) is 27.3 Å². The number of hydrogen-bond acceptors (Lipinski definition) is 2. The number of terminal acetylenes is 1. The van der Waals surface area contributed by atoms with Crippen molar-refractivity contribution in [1.82, 2.24) is 5.32 Å². The SMILES string of the molecule is C#CCOc1ccccc1CNCC(C)C(C)C. The third kappa shape index (κ3) is 4.81. The van der Waals surface area contributed by atoms with Crippen molar-refractivity contribution in [3.8, 4) is 18.1 Å². The number of ether oxygens (including phenoxy) is 1. The van der Waals surface area contributed by atoms with Crippen LogP contribution in [0.15, 0.2) is 24.3 Å². The fourth-order valence-corrected chi connectivity index (χ4v) is 1.58. The van der Waals surface area contributed by atoms with Crippen LogP contribution in [-0.4, -0.2) is 13.2 Å². The second kappa shape index (κ2) is 7.79. The van der Waals surface area contributed by atoms with Gasteiger partial charge in [0.2, 0.25) is 0 Å². The Labute approximate surface area is 111 Å². The summed E-state index contributed by atoms with van der Waals surface area (Å²) in [5.41, 5.74) is 1.16. The number of para-hydroxylation sites is 1. The molecule has 98 valence electrons. The normalized spacial score (nSPS) is 12.2. The summed E-state index contributed by atoms with van der Waals surface area (Å²) in [6.45, 7) is 8.91. The lowest BCUT2D eigenvalue weighted by molar-refractivity contribution is 0.360. The van der Waals surface area contributed by atoms with E-state index in [2.05, 4.69) is 38.1 Å². The monoisotopic (exact) mass is 245 g/mol. The van der Waals surface area contributed by atoms with Crippen LogP contribution in [0.4, 0.5) is 0 Å². The van der Waals surface area contributed by atoms with Crippen molar-refractivity contribution in [1.29, 1.82) is 0 Å². The van der Waals surface area contributed by atoms with Crippen LogP contribution in [0.3, 0.4) is 0 Å². The standard InChI is InChI=1S/C16H23NO/c1-5-10-18-16-9-7-6-8-15(16)12-17-11-14(4)13(2)3/h1,6-9,13-14,17H,10-12H2,2-4H3. The van der Waals surface area contributed by atoms with E-state index in [1.165, 1.54) is 0 Å². The lowest BCUT2D eigenvalue weighted by atomic mass is 9.98. The average Bonchev–Trinajstić information content (AvgIpc) is 2.37. The average molecular weight is 245 g/mol. The maximum absolute atomic E-state index is 5.52. The molecule has 0 heterocycles. The van der Waals surface area contributed by atoms with Crippen LogP contribution in [-0.2, 0) is 6.54 Å². The molecule has 0 aromatic heterocycles. The van der Waals surface area contributed by atoms with Crippen molar-refractivity contribution < 1.29 is 4.74 Å². The summed E-state index contributed by atoms with van der Waals surface area (Å²) in [4.78, 5) is 0. The highest BCUT2D eigenvalue weighted by Gasteiger charge is 2.07. The Balaban J connectivity index is 2.49. The van der Waals surface area contributed by atoms with Crippen molar-refractivity contribution >= 4 is 0 Å². The van der Waals surface area contributed by atoms with Crippen LogP contribution < -0.4 is 10.1 Å². The van der Waals surface area contributed by atoms with E-state index in [4.69, 9.17) is 11.2 Å². The Morgan fingerprint density at radius 1 is 1.28 bits per heavy atom. The fraction of sp³-hybridized carbons (Fsp3) is 0.500. The van der Waals surface area contributed by atoms with E-state index in [9.17, 15) is 0 Å². The van der Waals surface area contributed by atoms with E-state index < -0.39 is 0 Å². The Morgan fingerprint density at radius 3 is 2.67 bits per heavy atom. The van der Waals surface area contributed by atoms with E-state index >= 15 is 0 Å². The molecule has 0 amide bonds. The highest BCUT2D eigenvalue weighted by atomic mass is 16.5. The number of nitrogens with one attached hydrogen (secondary N) is 1. The number of hydrogen-bond donors (Lipinski definition) is 1. The molecular formula is C16H23NO. The zero-order chi connectivity index (χ0) is 13.4. The quantitative estimate of drug-likeness (QED) is 0.745. The predicted octanol–water partition coefficient (Wildman–Crippen LogP) is 3.08. The maximum atomic E-state index is 5.52. The molecule has 0 aliphatic carbocycles. The summed E-state index contributed by atoms with van der Waals surface area (Å²) in [6.07, 6.45) is 5.21. The Kier molecular flexibility index (Phi) is 6.32. The van der Waals surface area contributed by atoms with Crippen LogP contribution in [0, 0.1) is 24.2 Å². The molecular weight excluding hydrogens is 222 g/mol. The van der Waals surface area contributed by atoms with Crippen LogP contribution in [0.2, 0.25) is 0 Å². The van der Waals surface area contributed by atoms with E-state index in [1.54, 1.807) is 0 Å². The van der Waals surface area contributed by atoms with Gasteiger partial charge in [0, 0.05) is 12.1 Å². The van der Waals surface area contributed by atoms with Gasteiger partial charge < -0.3 is 10.1 Å². The van der Waals surface area contributed by atoms with Gasteiger partial charge in [-0.1, -0.05) is 44.9 Å². The van der Waals surface area contributed by atoms with E-state index in [0.29, 0.717) is 18.4 Å². The molecule has 1 atom stereocenters. The minimum Gasteiger partial charge on any atom is -0.481 e. The van der Waals surface area contributed by atoms with Gasteiger partial charge in [0.1, 0.15) is 12.4 Å². The topological polar surface area (TPSA) is 21.3 Å². The molecule has 0 saturated heterocycles. The third-order valence-electron chi connectivity index (χ3n) is 3.20. The molecule has 0 radical (unpaired) electrons. The highest BCUT2D eigenvalue weighted by molar-refractivity contribution is 5.33. The molecule has 0 fully saturated rings. The highest BCUT2D eigenvalue weighted by Crippen LogP contribution is 2.17. The summed E-state index contributed by atoms with van der Waals surface area (Å²) in [5, 5.41) is 3.47. The van der Waals surface area contributed by atoms with Crippen LogP contribution in [0.1, 0.15) is 26.3 Å². The van der Waals surface area contributed by atoms with Crippen LogP contribution in [0.25, 0.3) is 0 Å². The Bertz CT molecular complexity index is 392. The lowest BCUT2D eigenvalue weighted by Crippen LogP contribution is -2.24. The van der Waals surface area contributed by atoms with Crippen molar-refractivity contribution in [2.75, 3.05) is 13.2 Å². The molecule has 0 aliphatic heterocycles. The molecule has 0 spiro atoms. The third-order valence-corrected chi connectivity index (χ3v) is 3.20. The molecule has 1 N–H and O–H groups in total. The van der Waals surface area contributed by atoms with Crippen molar-refractivity contribution in [3.05, 3.63) is 29.8 Å². The summed E-state index contributed by atoms with van der Waals surface area (Å²) in [6, 6.07) is 8.01. The van der Waals surface area contributed by atoms with Gasteiger partial charge in [-0.15, -0.1) is 6.42 Å². The molecule has 1 aromatic rings. The first kappa shape index (κ1) is 14.6. The summed E-state index contributed by atoms with van der Waals surface area (Å²) < 4.78 is 5.52. The smallest absolute Gasteiger partial charge is 0.148 e. The fourth-order valence-electron chi connectivity index (χ4n) is 1.58. The second-order valence-electron chi connectivity index (χ2n) is 4.95. The molecule has 0 aliphatic rings. The van der Waals surface area contributed by atoms with Crippen LogP contribution >= 0.6 is 0 Å². The van der Waals surface area contributed by atoms with Crippen molar-refractivity contribution in [2.24, 2.45) is 11.8 Å². The predicted molar refractivity (Wildman–Crippen MR) is 76.5 cm³/mol. The van der Waals surface area contributed by atoms with Crippen molar-refractivity contribution in [3.63, 3.8) is 0 Å². The molecule has 1 aromatic carbocycles. The minimum absolute atomic E-state index is 0.319. The first-order valence-corrected chi connectivity index (χ1v) is 6.50. The maximum Gasteiger partial charge on any atom is 0.148 e. The van der Waals surface area contributed by atoms with Gasteiger partial charge >= 0.3 is 0 Å². The second-order valence-corrected chi connectivity index (χ2v) is 4.95. The van der Waals surface area contributed by atoms with E-state index in [0.717, 1.165) is 24.4 Å². The van der Waals surface area contributed by atoms with Gasteiger partial charge in [-0.05, 0) is 24.4 Å². The van der Waals surface area contributed by atoms with Crippen LogP contribution in [0.5, 0.6) is 5.75 Å². The van der Waals surface area contributed by atoms with Gasteiger partial charge in [-0.25, -0.2) is 0 Å². The zero-order valence-corrected chi connectivity index (χ0v) is 11.6. The first-order valence-electron chi connectivity index (χ1n) is 6.50. The Morgan fingerprint density at radius 2 is 2.00 bits per heavy atom. The Hall–Kier alpha value is -1.46. The van der Waals surface area contributed by atoms with Gasteiger partial charge in [0.15, 0.2) is 0 Å². The summed E-state index contributed by atoms with van der Waals surface area (Å²) >= 11 is 0.